The number of nitrogens with two attached hydrogens (primary N) is 1. The van der Waals surface area contributed by atoms with Crippen LogP contribution in [0.1, 0.15) is 24.5 Å². The first-order chi connectivity index (χ1) is 9.08. The Labute approximate surface area is 120 Å². The predicted octanol–water partition coefficient (Wildman–Crippen LogP) is 3.11. The van der Waals surface area contributed by atoms with Crippen molar-refractivity contribution in [2.75, 3.05) is 0 Å². The van der Waals surface area contributed by atoms with Gasteiger partial charge >= 0.3 is 0 Å². The van der Waals surface area contributed by atoms with Crippen LogP contribution in [-0.2, 0) is 13.0 Å². The minimum Gasteiger partial charge on any atom is -0.327 e. The average molecular weight is 326 g/mol. The second-order valence-electron chi connectivity index (χ2n) is 4.67. The molecule has 0 radical (unpaired) electrons. The quantitative estimate of drug-likeness (QED) is 0.917. The van der Waals surface area contributed by atoms with E-state index in [9.17, 15) is 4.39 Å². The van der Waals surface area contributed by atoms with Crippen molar-refractivity contribution < 1.29 is 4.39 Å². The maximum atomic E-state index is 13.1. The zero-order chi connectivity index (χ0) is 13.8. The summed E-state index contributed by atoms with van der Waals surface area (Å²) < 4.78 is 15.5. The van der Waals surface area contributed by atoms with Gasteiger partial charge < -0.3 is 5.73 Å². The van der Waals surface area contributed by atoms with Crippen LogP contribution in [-0.4, -0.2) is 15.8 Å². The van der Waals surface area contributed by atoms with Gasteiger partial charge in [0, 0.05) is 12.2 Å². The number of rotatable bonds is 5. The third-order valence-electron chi connectivity index (χ3n) is 3.04. The molecule has 0 aliphatic carbocycles. The summed E-state index contributed by atoms with van der Waals surface area (Å²) in [6, 6.07) is 5.17. The molecule has 1 heterocycles. The van der Waals surface area contributed by atoms with Gasteiger partial charge in [-0.25, -0.2) is 4.39 Å². The van der Waals surface area contributed by atoms with Crippen LogP contribution >= 0.6 is 15.9 Å². The van der Waals surface area contributed by atoms with Crippen LogP contribution < -0.4 is 5.73 Å². The number of hydrogen-bond donors (Lipinski definition) is 1. The summed E-state index contributed by atoms with van der Waals surface area (Å²) in [6.07, 6.45) is 5.63. The first-order valence-electron chi connectivity index (χ1n) is 6.29. The molecule has 0 saturated carbocycles. The molecule has 1 aromatic heterocycles. The van der Waals surface area contributed by atoms with E-state index in [1.165, 1.54) is 6.07 Å². The zero-order valence-electron chi connectivity index (χ0n) is 10.8. The molecule has 2 aromatic rings. The fourth-order valence-electron chi connectivity index (χ4n) is 1.87. The van der Waals surface area contributed by atoms with E-state index in [1.807, 2.05) is 17.1 Å². The molecular weight excluding hydrogens is 309 g/mol. The Morgan fingerprint density at radius 1 is 1.42 bits per heavy atom. The van der Waals surface area contributed by atoms with Gasteiger partial charge in [0.25, 0.3) is 0 Å². The molecule has 0 saturated heterocycles. The molecule has 1 atom stereocenters. The molecule has 1 unspecified atom stereocenters. The first-order valence-corrected chi connectivity index (χ1v) is 7.08. The lowest BCUT2D eigenvalue weighted by molar-refractivity contribution is 0.617. The van der Waals surface area contributed by atoms with Gasteiger partial charge in [0.2, 0.25) is 0 Å². The smallest absolute Gasteiger partial charge is 0.137 e. The molecule has 0 fully saturated rings. The normalized spacial score (nSPS) is 12.6. The van der Waals surface area contributed by atoms with Crippen molar-refractivity contribution in [3.63, 3.8) is 0 Å². The fourth-order valence-corrected chi connectivity index (χ4v) is 2.30. The van der Waals surface area contributed by atoms with Crippen molar-refractivity contribution in [2.45, 2.75) is 32.4 Å². The number of hydrogen-bond acceptors (Lipinski definition) is 2. The van der Waals surface area contributed by atoms with Gasteiger partial charge in [-0.05, 0) is 52.0 Å². The predicted molar refractivity (Wildman–Crippen MR) is 77.4 cm³/mol. The van der Waals surface area contributed by atoms with Gasteiger partial charge in [0.15, 0.2) is 0 Å². The molecule has 19 heavy (non-hydrogen) atoms. The molecule has 2 N–H and O–H groups in total. The minimum absolute atomic E-state index is 0.178. The third-order valence-corrected chi connectivity index (χ3v) is 3.65. The Hall–Kier alpha value is -1.20. The number of aromatic nitrogens is 2. The zero-order valence-corrected chi connectivity index (χ0v) is 12.4. The lowest BCUT2D eigenvalue weighted by Crippen LogP contribution is -2.21. The molecular formula is C14H17BrFN3. The van der Waals surface area contributed by atoms with Gasteiger partial charge in [-0.1, -0.05) is 13.0 Å². The molecule has 0 aliphatic rings. The summed E-state index contributed by atoms with van der Waals surface area (Å²) in [5.41, 5.74) is 8.06. The Morgan fingerprint density at radius 2 is 2.21 bits per heavy atom. The lowest BCUT2D eigenvalue weighted by Gasteiger charge is -2.05. The standard InChI is InChI=1S/C14H17BrFN3/c1-2-12(17)5-11-7-18-19(9-11)8-10-3-4-14(16)13(15)6-10/h3-4,6-7,9,12H,2,5,8,17H2,1H3. The molecule has 0 amide bonds. The van der Waals surface area contributed by atoms with Crippen LogP contribution in [0.5, 0.6) is 0 Å². The van der Waals surface area contributed by atoms with E-state index in [4.69, 9.17) is 5.73 Å². The highest BCUT2D eigenvalue weighted by Gasteiger charge is 2.06. The number of halogens is 2. The molecule has 0 bridgehead atoms. The summed E-state index contributed by atoms with van der Waals surface area (Å²) in [5, 5.41) is 4.30. The van der Waals surface area contributed by atoms with E-state index in [1.54, 1.807) is 12.1 Å². The van der Waals surface area contributed by atoms with Crippen LogP contribution in [0.2, 0.25) is 0 Å². The summed E-state index contributed by atoms with van der Waals surface area (Å²) >= 11 is 3.19. The van der Waals surface area contributed by atoms with Crippen molar-refractivity contribution in [1.82, 2.24) is 9.78 Å². The van der Waals surface area contributed by atoms with E-state index in [0.717, 1.165) is 24.0 Å². The van der Waals surface area contributed by atoms with Gasteiger partial charge in [-0.2, -0.15) is 5.10 Å². The molecule has 1 aromatic carbocycles. The van der Waals surface area contributed by atoms with Crippen molar-refractivity contribution in [3.05, 3.63) is 52.0 Å². The van der Waals surface area contributed by atoms with Crippen LogP contribution in [0.4, 0.5) is 4.39 Å². The maximum Gasteiger partial charge on any atom is 0.137 e. The SMILES string of the molecule is CCC(N)Cc1cnn(Cc2ccc(F)c(Br)c2)c1. The highest BCUT2D eigenvalue weighted by atomic mass is 79.9. The van der Waals surface area contributed by atoms with E-state index in [-0.39, 0.29) is 11.9 Å². The highest BCUT2D eigenvalue weighted by molar-refractivity contribution is 9.10. The summed E-state index contributed by atoms with van der Waals surface area (Å²) in [6.45, 7) is 2.70. The van der Waals surface area contributed by atoms with Crippen molar-refractivity contribution in [2.24, 2.45) is 5.73 Å². The van der Waals surface area contributed by atoms with Crippen LogP contribution in [0, 0.1) is 5.82 Å². The largest absolute Gasteiger partial charge is 0.327 e. The molecule has 5 heteroatoms. The molecule has 102 valence electrons. The summed E-state index contributed by atoms with van der Waals surface area (Å²) in [7, 11) is 0. The third kappa shape index (κ3) is 3.88. The summed E-state index contributed by atoms with van der Waals surface area (Å²) in [4.78, 5) is 0. The van der Waals surface area contributed by atoms with Crippen molar-refractivity contribution in [1.29, 1.82) is 0 Å². The first kappa shape index (κ1) is 14.2. The fraction of sp³-hybridized carbons (Fsp3) is 0.357. The van der Waals surface area contributed by atoms with Crippen LogP contribution in [0.15, 0.2) is 35.1 Å². The van der Waals surface area contributed by atoms with Crippen LogP contribution in [0.25, 0.3) is 0 Å². The topological polar surface area (TPSA) is 43.8 Å². The van der Waals surface area contributed by atoms with Gasteiger partial charge in [0.1, 0.15) is 5.82 Å². The monoisotopic (exact) mass is 325 g/mol. The minimum atomic E-state index is -0.251. The Morgan fingerprint density at radius 3 is 2.89 bits per heavy atom. The number of nitrogens with zero attached hydrogens (tertiary/aromatic N) is 2. The van der Waals surface area contributed by atoms with E-state index in [0.29, 0.717) is 11.0 Å². The second-order valence-corrected chi connectivity index (χ2v) is 5.52. The maximum absolute atomic E-state index is 13.1. The van der Waals surface area contributed by atoms with Gasteiger partial charge in [-0.15, -0.1) is 0 Å². The molecule has 0 aliphatic heterocycles. The lowest BCUT2D eigenvalue weighted by atomic mass is 10.1. The van der Waals surface area contributed by atoms with E-state index in [2.05, 4.69) is 28.0 Å². The Bertz CT molecular complexity index is 553. The van der Waals surface area contributed by atoms with Gasteiger partial charge in [-0.3, -0.25) is 4.68 Å². The highest BCUT2D eigenvalue weighted by Crippen LogP contribution is 2.17. The molecule has 2 rings (SSSR count). The van der Waals surface area contributed by atoms with Crippen LogP contribution in [0.3, 0.4) is 0 Å². The Kier molecular flexibility index (Phi) is 4.71. The molecule has 3 nitrogen and oxygen atoms in total. The Balaban J connectivity index is 2.05. The average Bonchev–Trinajstić information content (AvgIpc) is 2.81. The van der Waals surface area contributed by atoms with Crippen molar-refractivity contribution >= 4 is 15.9 Å². The van der Waals surface area contributed by atoms with E-state index < -0.39 is 0 Å². The summed E-state index contributed by atoms with van der Waals surface area (Å²) in [5.74, 6) is -0.251. The number of benzene rings is 1. The van der Waals surface area contributed by atoms with Gasteiger partial charge in [0.05, 0.1) is 17.2 Å². The second kappa shape index (κ2) is 6.30. The molecule has 0 spiro atoms. The van der Waals surface area contributed by atoms with Crippen molar-refractivity contribution in [3.8, 4) is 0 Å². The van der Waals surface area contributed by atoms with E-state index >= 15 is 0 Å².